The molecule has 1 atom stereocenters. The lowest BCUT2D eigenvalue weighted by molar-refractivity contribution is 0.179. The Kier molecular flexibility index (Phi) is 7.13. The summed E-state index contributed by atoms with van der Waals surface area (Å²) in [7, 11) is 1.70. The van der Waals surface area contributed by atoms with Crippen molar-refractivity contribution in [1.29, 1.82) is 0 Å². The average molecular weight is 319 g/mol. The van der Waals surface area contributed by atoms with Crippen molar-refractivity contribution in [2.24, 2.45) is 4.99 Å². The number of nitrogens with one attached hydrogen (secondary N) is 2. The number of nitrogens with zero attached hydrogens (tertiary/aromatic N) is 3. The van der Waals surface area contributed by atoms with Crippen molar-refractivity contribution in [3.05, 3.63) is 23.9 Å². The summed E-state index contributed by atoms with van der Waals surface area (Å²) in [5, 5.41) is 6.58. The molecule has 6 nitrogen and oxygen atoms in total. The minimum atomic E-state index is 0.216. The number of pyridine rings is 1. The van der Waals surface area contributed by atoms with E-state index in [4.69, 9.17) is 4.74 Å². The van der Waals surface area contributed by atoms with Crippen molar-refractivity contribution in [3.8, 4) is 0 Å². The van der Waals surface area contributed by atoms with E-state index in [9.17, 15) is 0 Å². The van der Waals surface area contributed by atoms with Crippen LogP contribution in [-0.2, 0) is 11.3 Å². The summed E-state index contributed by atoms with van der Waals surface area (Å²) < 4.78 is 5.15. The van der Waals surface area contributed by atoms with Gasteiger partial charge in [0.05, 0.1) is 13.2 Å². The number of ether oxygens (including phenoxy) is 1. The second-order valence-corrected chi connectivity index (χ2v) is 5.91. The van der Waals surface area contributed by atoms with E-state index < -0.39 is 0 Å². The number of guanidine groups is 1. The van der Waals surface area contributed by atoms with E-state index in [0.717, 1.165) is 37.0 Å². The van der Waals surface area contributed by atoms with Crippen LogP contribution in [0.4, 0.5) is 5.82 Å². The van der Waals surface area contributed by atoms with Gasteiger partial charge in [0.1, 0.15) is 5.82 Å². The van der Waals surface area contributed by atoms with Crippen molar-refractivity contribution in [2.75, 3.05) is 38.3 Å². The highest BCUT2D eigenvalue weighted by atomic mass is 16.5. The first-order valence-corrected chi connectivity index (χ1v) is 8.46. The molecule has 1 aromatic rings. The molecule has 1 unspecified atom stereocenters. The highest BCUT2D eigenvalue weighted by Crippen LogP contribution is 2.17. The van der Waals surface area contributed by atoms with Gasteiger partial charge in [-0.25, -0.2) is 9.98 Å². The topological polar surface area (TPSA) is 61.8 Å². The number of hydrogen-bond acceptors (Lipinski definition) is 4. The van der Waals surface area contributed by atoms with Gasteiger partial charge in [0, 0.05) is 39.0 Å². The average Bonchev–Trinajstić information content (AvgIpc) is 3.08. The van der Waals surface area contributed by atoms with Gasteiger partial charge in [0.15, 0.2) is 5.96 Å². The van der Waals surface area contributed by atoms with E-state index in [-0.39, 0.29) is 6.04 Å². The summed E-state index contributed by atoms with van der Waals surface area (Å²) in [4.78, 5) is 11.5. The number of hydrogen-bond donors (Lipinski definition) is 2. The maximum atomic E-state index is 5.15. The summed E-state index contributed by atoms with van der Waals surface area (Å²) in [5.74, 6) is 1.88. The van der Waals surface area contributed by atoms with Gasteiger partial charge in [-0.1, -0.05) is 6.07 Å². The minimum Gasteiger partial charge on any atom is -0.383 e. The smallest absolute Gasteiger partial charge is 0.191 e. The lowest BCUT2D eigenvalue weighted by Crippen LogP contribution is -2.43. The molecule has 1 aromatic heterocycles. The van der Waals surface area contributed by atoms with Crippen molar-refractivity contribution >= 4 is 11.8 Å². The Bertz CT molecular complexity index is 482. The molecule has 0 amide bonds. The Hall–Kier alpha value is -1.82. The molecule has 2 heterocycles. The van der Waals surface area contributed by atoms with Gasteiger partial charge in [-0.15, -0.1) is 0 Å². The second kappa shape index (κ2) is 9.35. The molecular formula is C17H29N5O. The third-order valence-electron chi connectivity index (χ3n) is 3.80. The van der Waals surface area contributed by atoms with Gasteiger partial charge in [-0.3, -0.25) is 0 Å². The predicted octanol–water partition coefficient (Wildman–Crippen LogP) is 1.77. The first-order valence-electron chi connectivity index (χ1n) is 8.46. The van der Waals surface area contributed by atoms with E-state index >= 15 is 0 Å². The van der Waals surface area contributed by atoms with E-state index in [2.05, 4.69) is 51.5 Å². The highest BCUT2D eigenvalue weighted by molar-refractivity contribution is 5.80. The Labute approximate surface area is 139 Å². The minimum absolute atomic E-state index is 0.216. The van der Waals surface area contributed by atoms with Crippen LogP contribution in [-0.4, -0.2) is 50.3 Å². The van der Waals surface area contributed by atoms with Crippen molar-refractivity contribution < 1.29 is 4.74 Å². The lowest BCUT2D eigenvalue weighted by atomic mass is 10.3. The molecule has 0 radical (unpaired) electrons. The first kappa shape index (κ1) is 17.5. The van der Waals surface area contributed by atoms with Gasteiger partial charge < -0.3 is 20.3 Å². The maximum Gasteiger partial charge on any atom is 0.191 e. The Balaban J connectivity index is 1.92. The molecule has 23 heavy (non-hydrogen) atoms. The Morgan fingerprint density at radius 3 is 2.78 bits per heavy atom. The van der Waals surface area contributed by atoms with Crippen molar-refractivity contribution in [3.63, 3.8) is 0 Å². The number of anilines is 1. The molecule has 0 spiro atoms. The first-order chi connectivity index (χ1) is 11.2. The van der Waals surface area contributed by atoms with Crippen LogP contribution in [0.15, 0.2) is 23.3 Å². The second-order valence-electron chi connectivity index (χ2n) is 5.91. The molecule has 6 heteroatoms. The van der Waals surface area contributed by atoms with Crippen LogP contribution in [0.2, 0.25) is 0 Å². The zero-order valence-electron chi connectivity index (χ0n) is 14.5. The van der Waals surface area contributed by atoms with Crippen molar-refractivity contribution in [2.45, 2.75) is 39.3 Å². The van der Waals surface area contributed by atoms with Crippen LogP contribution in [0.25, 0.3) is 0 Å². The fraction of sp³-hybridized carbons (Fsp3) is 0.647. The molecule has 0 aliphatic carbocycles. The Morgan fingerprint density at radius 2 is 2.17 bits per heavy atom. The molecule has 0 bridgehead atoms. The zero-order chi connectivity index (χ0) is 16.5. The zero-order valence-corrected chi connectivity index (χ0v) is 14.5. The third kappa shape index (κ3) is 5.71. The standard InChI is InChI=1S/C17H29N5O/c1-4-18-17(21-14(2)13-23-3)20-12-15-7-8-16(19-11-15)22-9-5-6-10-22/h7-8,11,14H,4-6,9-10,12-13H2,1-3H3,(H2,18,20,21). The molecular weight excluding hydrogens is 290 g/mol. The van der Waals surface area contributed by atoms with Gasteiger partial charge in [-0.05, 0) is 38.3 Å². The summed E-state index contributed by atoms with van der Waals surface area (Å²) >= 11 is 0. The number of aromatic nitrogens is 1. The van der Waals surface area contributed by atoms with Gasteiger partial charge in [0.25, 0.3) is 0 Å². The van der Waals surface area contributed by atoms with Crippen LogP contribution < -0.4 is 15.5 Å². The Morgan fingerprint density at radius 1 is 1.39 bits per heavy atom. The van der Waals surface area contributed by atoms with Crippen LogP contribution >= 0.6 is 0 Å². The normalized spacial score (nSPS) is 16.5. The lowest BCUT2D eigenvalue weighted by Gasteiger charge is -2.17. The molecule has 0 aromatic carbocycles. The van der Waals surface area contributed by atoms with Gasteiger partial charge >= 0.3 is 0 Å². The molecule has 1 aliphatic rings. The molecule has 1 aliphatic heterocycles. The summed E-state index contributed by atoms with van der Waals surface area (Å²) in [6.45, 7) is 8.47. The number of aliphatic imine (C=N–C) groups is 1. The monoisotopic (exact) mass is 319 g/mol. The molecule has 0 saturated carbocycles. The van der Waals surface area contributed by atoms with Crippen LogP contribution in [0.5, 0.6) is 0 Å². The van der Waals surface area contributed by atoms with Crippen molar-refractivity contribution in [1.82, 2.24) is 15.6 Å². The van der Waals surface area contributed by atoms with E-state index in [1.54, 1.807) is 7.11 Å². The largest absolute Gasteiger partial charge is 0.383 e. The maximum absolute atomic E-state index is 5.15. The fourth-order valence-corrected chi connectivity index (χ4v) is 2.66. The quantitative estimate of drug-likeness (QED) is 0.592. The van der Waals surface area contributed by atoms with E-state index in [0.29, 0.717) is 13.2 Å². The van der Waals surface area contributed by atoms with Gasteiger partial charge in [-0.2, -0.15) is 0 Å². The number of rotatable bonds is 7. The summed E-state index contributed by atoms with van der Waals surface area (Å²) in [6.07, 6.45) is 4.47. The SMILES string of the molecule is CCNC(=NCc1ccc(N2CCCC2)nc1)NC(C)COC. The van der Waals surface area contributed by atoms with Crippen LogP contribution in [0, 0.1) is 0 Å². The highest BCUT2D eigenvalue weighted by Gasteiger charge is 2.12. The molecule has 1 fully saturated rings. The predicted molar refractivity (Wildman–Crippen MR) is 95.0 cm³/mol. The summed E-state index contributed by atoms with van der Waals surface area (Å²) in [5.41, 5.74) is 1.12. The van der Waals surface area contributed by atoms with Crippen LogP contribution in [0.3, 0.4) is 0 Å². The van der Waals surface area contributed by atoms with E-state index in [1.165, 1.54) is 12.8 Å². The fourth-order valence-electron chi connectivity index (χ4n) is 2.66. The third-order valence-corrected chi connectivity index (χ3v) is 3.80. The van der Waals surface area contributed by atoms with E-state index in [1.807, 2.05) is 6.20 Å². The van der Waals surface area contributed by atoms with Gasteiger partial charge in [0.2, 0.25) is 0 Å². The molecule has 2 rings (SSSR count). The number of methoxy groups -OCH3 is 1. The molecule has 2 N–H and O–H groups in total. The molecule has 1 saturated heterocycles. The summed E-state index contributed by atoms with van der Waals surface area (Å²) in [6, 6.07) is 4.43. The molecule has 128 valence electrons. The van der Waals surface area contributed by atoms with Crippen LogP contribution in [0.1, 0.15) is 32.3 Å².